The highest BCUT2D eigenvalue weighted by Gasteiger charge is 2.14. The number of nitro groups is 1. The van der Waals surface area contributed by atoms with Crippen molar-refractivity contribution in [1.29, 1.82) is 0 Å². The van der Waals surface area contributed by atoms with Gasteiger partial charge < -0.3 is 10.4 Å². The van der Waals surface area contributed by atoms with E-state index in [4.69, 9.17) is 0 Å². The van der Waals surface area contributed by atoms with Crippen LogP contribution in [0.15, 0.2) is 42.5 Å². The maximum absolute atomic E-state index is 12.1. The Hall–Kier alpha value is -2.89. The van der Waals surface area contributed by atoms with E-state index in [9.17, 15) is 20.0 Å². The molecule has 0 saturated heterocycles. The third-order valence-electron chi connectivity index (χ3n) is 2.83. The summed E-state index contributed by atoms with van der Waals surface area (Å²) in [5.41, 5.74) is 1.02. The Kier molecular flexibility index (Phi) is 3.65. The molecule has 0 atom stereocenters. The minimum absolute atomic E-state index is 0.00690. The number of amides is 1. The predicted octanol–water partition coefficient (Wildman–Crippen LogP) is 2.86. The average Bonchev–Trinajstić information content (AvgIpc) is 2.41. The van der Waals surface area contributed by atoms with Crippen LogP contribution in [0, 0.1) is 17.0 Å². The molecular weight excluding hydrogens is 260 g/mol. The smallest absolute Gasteiger partial charge is 0.271 e. The highest BCUT2D eigenvalue weighted by atomic mass is 16.6. The van der Waals surface area contributed by atoms with E-state index in [1.54, 1.807) is 31.2 Å². The number of hydrogen-bond donors (Lipinski definition) is 2. The molecule has 2 N–H and O–H groups in total. The Morgan fingerprint density at radius 1 is 1.25 bits per heavy atom. The predicted molar refractivity (Wildman–Crippen MR) is 73.9 cm³/mol. The van der Waals surface area contributed by atoms with Gasteiger partial charge in [-0.25, -0.2) is 0 Å². The third kappa shape index (κ3) is 2.74. The SMILES string of the molecule is Cc1ccccc1C(=O)Nc1cc([N+](=O)[O-])ccc1O. The monoisotopic (exact) mass is 272 g/mol. The van der Waals surface area contributed by atoms with Crippen LogP contribution >= 0.6 is 0 Å². The molecule has 2 aromatic rings. The van der Waals surface area contributed by atoms with Gasteiger partial charge in [-0.05, 0) is 24.6 Å². The Morgan fingerprint density at radius 2 is 1.95 bits per heavy atom. The zero-order chi connectivity index (χ0) is 14.7. The number of nitro benzene ring substituents is 1. The Morgan fingerprint density at radius 3 is 2.60 bits per heavy atom. The van der Waals surface area contributed by atoms with Crippen LogP contribution in [0.2, 0.25) is 0 Å². The average molecular weight is 272 g/mol. The molecule has 6 heteroatoms. The van der Waals surface area contributed by atoms with Crippen LogP contribution in [-0.2, 0) is 0 Å². The lowest BCUT2D eigenvalue weighted by Crippen LogP contribution is -2.13. The first kappa shape index (κ1) is 13.5. The first-order chi connectivity index (χ1) is 9.49. The summed E-state index contributed by atoms with van der Waals surface area (Å²) in [4.78, 5) is 22.2. The summed E-state index contributed by atoms with van der Waals surface area (Å²) < 4.78 is 0. The summed E-state index contributed by atoms with van der Waals surface area (Å²) in [6.07, 6.45) is 0. The molecule has 2 aromatic carbocycles. The molecule has 0 aliphatic rings. The lowest BCUT2D eigenvalue weighted by Gasteiger charge is -2.08. The van der Waals surface area contributed by atoms with E-state index < -0.39 is 10.8 Å². The third-order valence-corrected chi connectivity index (χ3v) is 2.83. The summed E-state index contributed by atoms with van der Waals surface area (Å²) >= 11 is 0. The van der Waals surface area contributed by atoms with Crippen molar-refractivity contribution in [3.63, 3.8) is 0 Å². The van der Waals surface area contributed by atoms with Gasteiger partial charge in [-0.15, -0.1) is 0 Å². The number of aryl methyl sites for hydroxylation is 1. The van der Waals surface area contributed by atoms with Crippen molar-refractivity contribution in [2.24, 2.45) is 0 Å². The van der Waals surface area contributed by atoms with E-state index in [2.05, 4.69) is 5.32 Å². The number of non-ortho nitro benzene ring substituents is 1. The van der Waals surface area contributed by atoms with Crippen molar-refractivity contribution in [3.8, 4) is 5.75 Å². The van der Waals surface area contributed by atoms with Crippen LogP contribution < -0.4 is 5.32 Å². The first-order valence-corrected chi connectivity index (χ1v) is 5.83. The number of carbonyl (C=O) groups excluding carboxylic acids is 1. The quantitative estimate of drug-likeness (QED) is 0.510. The van der Waals surface area contributed by atoms with Crippen LogP contribution in [0.5, 0.6) is 5.75 Å². The summed E-state index contributed by atoms with van der Waals surface area (Å²) in [7, 11) is 0. The molecule has 6 nitrogen and oxygen atoms in total. The van der Waals surface area contributed by atoms with Gasteiger partial charge in [0, 0.05) is 17.7 Å². The van der Waals surface area contributed by atoms with Gasteiger partial charge in [0.2, 0.25) is 0 Å². The number of rotatable bonds is 3. The van der Waals surface area contributed by atoms with Gasteiger partial charge >= 0.3 is 0 Å². The highest BCUT2D eigenvalue weighted by Crippen LogP contribution is 2.28. The van der Waals surface area contributed by atoms with Crippen molar-refractivity contribution in [2.75, 3.05) is 5.32 Å². The number of phenolic OH excluding ortho intramolecular Hbond substituents is 1. The highest BCUT2D eigenvalue weighted by molar-refractivity contribution is 6.06. The normalized spacial score (nSPS) is 10.1. The van der Waals surface area contributed by atoms with Crippen molar-refractivity contribution in [3.05, 3.63) is 63.7 Å². The fourth-order valence-corrected chi connectivity index (χ4v) is 1.76. The van der Waals surface area contributed by atoms with E-state index in [0.29, 0.717) is 5.56 Å². The Balaban J connectivity index is 2.30. The molecule has 0 radical (unpaired) electrons. The topological polar surface area (TPSA) is 92.5 Å². The number of phenols is 1. The molecule has 2 rings (SSSR count). The van der Waals surface area contributed by atoms with Gasteiger partial charge in [-0.2, -0.15) is 0 Å². The van der Waals surface area contributed by atoms with Crippen LogP contribution in [0.4, 0.5) is 11.4 Å². The lowest BCUT2D eigenvalue weighted by molar-refractivity contribution is -0.384. The Bertz CT molecular complexity index is 683. The number of anilines is 1. The molecule has 0 heterocycles. The molecule has 0 saturated carbocycles. The summed E-state index contributed by atoms with van der Waals surface area (Å²) in [5.74, 6) is -0.656. The molecule has 0 aliphatic carbocycles. The van der Waals surface area contributed by atoms with E-state index >= 15 is 0 Å². The molecule has 0 aliphatic heterocycles. The van der Waals surface area contributed by atoms with Gasteiger partial charge in [0.25, 0.3) is 11.6 Å². The fraction of sp³-hybridized carbons (Fsp3) is 0.0714. The molecule has 0 spiro atoms. The van der Waals surface area contributed by atoms with Crippen LogP contribution in [0.1, 0.15) is 15.9 Å². The second-order valence-corrected chi connectivity index (χ2v) is 4.23. The number of benzene rings is 2. The van der Waals surface area contributed by atoms with E-state index in [1.807, 2.05) is 0 Å². The van der Waals surface area contributed by atoms with Crippen LogP contribution in [0.3, 0.4) is 0 Å². The van der Waals surface area contributed by atoms with Crippen LogP contribution in [0.25, 0.3) is 0 Å². The van der Waals surface area contributed by atoms with Gasteiger partial charge in [0.1, 0.15) is 5.75 Å². The van der Waals surface area contributed by atoms with Gasteiger partial charge in [0.15, 0.2) is 0 Å². The number of carbonyl (C=O) groups is 1. The maximum atomic E-state index is 12.1. The number of nitrogens with zero attached hydrogens (tertiary/aromatic N) is 1. The summed E-state index contributed by atoms with van der Waals surface area (Å²) in [6, 6.07) is 10.4. The number of hydrogen-bond acceptors (Lipinski definition) is 4. The maximum Gasteiger partial charge on any atom is 0.271 e. The number of aromatic hydroxyl groups is 1. The Labute approximate surface area is 114 Å². The summed E-state index contributed by atoms with van der Waals surface area (Å²) in [5, 5.41) is 22.8. The van der Waals surface area contributed by atoms with E-state index in [0.717, 1.165) is 11.6 Å². The molecule has 0 aromatic heterocycles. The molecular formula is C14H12N2O4. The van der Waals surface area contributed by atoms with Crippen LogP contribution in [-0.4, -0.2) is 15.9 Å². The second-order valence-electron chi connectivity index (χ2n) is 4.23. The minimum Gasteiger partial charge on any atom is -0.506 e. The molecule has 0 fully saturated rings. The van der Waals surface area contributed by atoms with Gasteiger partial charge in [0.05, 0.1) is 10.6 Å². The zero-order valence-corrected chi connectivity index (χ0v) is 10.7. The van der Waals surface area contributed by atoms with E-state index in [-0.39, 0.29) is 17.1 Å². The molecule has 0 unspecified atom stereocenters. The minimum atomic E-state index is -0.594. The molecule has 0 bridgehead atoms. The zero-order valence-electron chi connectivity index (χ0n) is 10.7. The number of nitrogens with one attached hydrogen (secondary N) is 1. The first-order valence-electron chi connectivity index (χ1n) is 5.83. The molecule has 20 heavy (non-hydrogen) atoms. The van der Waals surface area contributed by atoms with Crippen molar-refractivity contribution in [2.45, 2.75) is 6.92 Å². The van der Waals surface area contributed by atoms with E-state index in [1.165, 1.54) is 12.1 Å². The van der Waals surface area contributed by atoms with Gasteiger partial charge in [-0.3, -0.25) is 14.9 Å². The fourth-order valence-electron chi connectivity index (χ4n) is 1.76. The summed E-state index contributed by atoms with van der Waals surface area (Å²) in [6.45, 7) is 1.78. The van der Waals surface area contributed by atoms with Crippen molar-refractivity contribution >= 4 is 17.3 Å². The molecule has 102 valence electrons. The molecule has 1 amide bonds. The van der Waals surface area contributed by atoms with Gasteiger partial charge in [-0.1, -0.05) is 18.2 Å². The van der Waals surface area contributed by atoms with Crippen molar-refractivity contribution < 1.29 is 14.8 Å². The van der Waals surface area contributed by atoms with Crippen molar-refractivity contribution in [1.82, 2.24) is 0 Å². The largest absolute Gasteiger partial charge is 0.506 e. The lowest BCUT2D eigenvalue weighted by atomic mass is 10.1. The second kappa shape index (κ2) is 5.40. The standard InChI is InChI=1S/C14H12N2O4/c1-9-4-2-3-5-11(9)14(18)15-12-8-10(16(19)20)6-7-13(12)17/h2-8,17H,1H3,(H,15,18).